The van der Waals surface area contributed by atoms with Gasteiger partial charge < -0.3 is 20.7 Å². The minimum atomic E-state index is -0.594. The van der Waals surface area contributed by atoms with Gasteiger partial charge in [-0.15, -0.1) is 0 Å². The lowest BCUT2D eigenvalue weighted by Crippen LogP contribution is -2.44. The standard InChI is InChI=1S/C28H43N3O4/c1-3-4-5-6-26(32)31-25(28(34)35-2)19-20-7-13-24(14-8-20)30-27(33)23-11-9-21(10-12-23)22-15-17-29-18-16-22/h9-12,20,22,24-25,29H,3-8,13-19H2,1-2H3,(H,30,33)(H,31,32). The van der Waals surface area contributed by atoms with Crippen LogP contribution in [0.25, 0.3) is 0 Å². The summed E-state index contributed by atoms with van der Waals surface area (Å²) in [7, 11) is 1.36. The Balaban J connectivity index is 1.43. The van der Waals surface area contributed by atoms with Crippen molar-refractivity contribution < 1.29 is 19.1 Å². The van der Waals surface area contributed by atoms with Gasteiger partial charge in [0.05, 0.1) is 7.11 Å². The highest BCUT2D eigenvalue weighted by molar-refractivity contribution is 5.94. The zero-order valence-corrected chi connectivity index (χ0v) is 21.4. The smallest absolute Gasteiger partial charge is 0.328 e. The molecule has 1 saturated carbocycles. The number of carbonyl (C=O) groups excluding carboxylic acids is 3. The molecule has 1 aromatic rings. The largest absolute Gasteiger partial charge is 0.467 e. The Bertz CT molecular complexity index is 812. The fourth-order valence-electron chi connectivity index (χ4n) is 5.36. The minimum Gasteiger partial charge on any atom is -0.467 e. The Morgan fingerprint density at radius 3 is 2.31 bits per heavy atom. The van der Waals surface area contributed by atoms with Gasteiger partial charge in [0.2, 0.25) is 5.91 Å². The van der Waals surface area contributed by atoms with Gasteiger partial charge in [-0.3, -0.25) is 9.59 Å². The molecule has 194 valence electrons. The van der Waals surface area contributed by atoms with E-state index in [0.29, 0.717) is 30.2 Å². The molecule has 1 aliphatic heterocycles. The van der Waals surface area contributed by atoms with Crippen LogP contribution >= 0.6 is 0 Å². The molecule has 3 rings (SSSR count). The molecule has 2 fully saturated rings. The highest BCUT2D eigenvalue weighted by Gasteiger charge is 2.29. The van der Waals surface area contributed by atoms with Gasteiger partial charge in [-0.25, -0.2) is 4.79 Å². The van der Waals surface area contributed by atoms with Crippen LogP contribution in [0.1, 0.15) is 99.4 Å². The lowest BCUT2D eigenvalue weighted by Gasteiger charge is -2.31. The van der Waals surface area contributed by atoms with Crippen molar-refractivity contribution in [3.05, 3.63) is 35.4 Å². The fraction of sp³-hybridized carbons (Fsp3) is 0.679. The van der Waals surface area contributed by atoms with Crippen molar-refractivity contribution in [3.8, 4) is 0 Å². The Hall–Kier alpha value is -2.41. The number of hydrogen-bond donors (Lipinski definition) is 3. The van der Waals surface area contributed by atoms with Gasteiger partial charge in [-0.05, 0) is 94.0 Å². The van der Waals surface area contributed by atoms with Crippen LogP contribution in [0.4, 0.5) is 0 Å². The number of hydrogen-bond acceptors (Lipinski definition) is 5. The number of benzene rings is 1. The van der Waals surface area contributed by atoms with Crippen LogP contribution in [-0.4, -0.2) is 50.1 Å². The van der Waals surface area contributed by atoms with E-state index in [0.717, 1.165) is 70.9 Å². The van der Waals surface area contributed by atoms with E-state index in [4.69, 9.17) is 4.74 Å². The first kappa shape index (κ1) is 27.2. The minimum absolute atomic E-state index is 0.0166. The van der Waals surface area contributed by atoms with Crippen LogP contribution in [0.5, 0.6) is 0 Å². The quantitative estimate of drug-likeness (QED) is 0.324. The second kappa shape index (κ2) is 14.2. The van der Waals surface area contributed by atoms with Gasteiger partial charge in [-0.2, -0.15) is 0 Å². The van der Waals surface area contributed by atoms with Crippen LogP contribution < -0.4 is 16.0 Å². The number of unbranched alkanes of at least 4 members (excludes halogenated alkanes) is 2. The molecule has 2 amide bonds. The molecule has 1 atom stereocenters. The number of esters is 1. The van der Waals surface area contributed by atoms with E-state index < -0.39 is 6.04 Å². The van der Waals surface area contributed by atoms with Gasteiger partial charge in [0.1, 0.15) is 6.04 Å². The van der Waals surface area contributed by atoms with Gasteiger partial charge in [0, 0.05) is 18.0 Å². The van der Waals surface area contributed by atoms with Crippen molar-refractivity contribution in [2.45, 2.75) is 95.6 Å². The summed E-state index contributed by atoms with van der Waals surface area (Å²) in [4.78, 5) is 37.3. The maximum atomic E-state index is 12.8. The molecule has 1 heterocycles. The van der Waals surface area contributed by atoms with Crippen LogP contribution in [-0.2, 0) is 14.3 Å². The second-order valence-electron chi connectivity index (χ2n) is 10.2. The van der Waals surface area contributed by atoms with E-state index in [1.54, 1.807) is 0 Å². The third-order valence-corrected chi connectivity index (χ3v) is 7.56. The average Bonchev–Trinajstić information content (AvgIpc) is 2.89. The zero-order valence-electron chi connectivity index (χ0n) is 21.4. The Morgan fingerprint density at radius 1 is 1.00 bits per heavy atom. The predicted octanol–water partition coefficient (Wildman–Crippen LogP) is 4.07. The van der Waals surface area contributed by atoms with E-state index in [2.05, 4.69) is 35.0 Å². The number of piperidine rings is 1. The maximum Gasteiger partial charge on any atom is 0.328 e. The molecule has 3 N–H and O–H groups in total. The first-order valence-electron chi connectivity index (χ1n) is 13.5. The summed E-state index contributed by atoms with van der Waals surface area (Å²) >= 11 is 0. The van der Waals surface area contributed by atoms with Crippen molar-refractivity contribution >= 4 is 17.8 Å². The first-order valence-corrected chi connectivity index (χ1v) is 13.5. The summed E-state index contributed by atoms with van der Waals surface area (Å²) in [5, 5.41) is 9.47. The van der Waals surface area contributed by atoms with Gasteiger partial charge in [0.15, 0.2) is 0 Å². The monoisotopic (exact) mass is 485 g/mol. The number of carbonyl (C=O) groups is 3. The number of rotatable bonds is 11. The molecular formula is C28H43N3O4. The predicted molar refractivity (Wildman–Crippen MR) is 137 cm³/mol. The number of nitrogens with one attached hydrogen (secondary N) is 3. The van der Waals surface area contributed by atoms with Gasteiger partial charge >= 0.3 is 5.97 Å². The van der Waals surface area contributed by atoms with Crippen LogP contribution in [0.2, 0.25) is 0 Å². The molecule has 0 aromatic heterocycles. The molecule has 2 aliphatic rings. The maximum absolute atomic E-state index is 12.8. The summed E-state index contributed by atoms with van der Waals surface area (Å²) in [5.74, 6) is 0.432. The van der Waals surface area contributed by atoms with Crippen molar-refractivity contribution in [2.75, 3.05) is 20.2 Å². The molecular weight excluding hydrogens is 442 g/mol. The topological polar surface area (TPSA) is 96.5 Å². The Morgan fingerprint density at radius 2 is 1.69 bits per heavy atom. The van der Waals surface area contributed by atoms with E-state index in [1.165, 1.54) is 12.7 Å². The summed E-state index contributed by atoms with van der Waals surface area (Å²) in [6.07, 6.45) is 9.81. The molecule has 35 heavy (non-hydrogen) atoms. The molecule has 0 spiro atoms. The average molecular weight is 486 g/mol. The van der Waals surface area contributed by atoms with Crippen molar-refractivity contribution in [1.29, 1.82) is 0 Å². The lowest BCUT2D eigenvalue weighted by molar-refractivity contribution is -0.145. The summed E-state index contributed by atoms with van der Waals surface area (Å²) < 4.78 is 4.94. The third kappa shape index (κ3) is 8.64. The lowest BCUT2D eigenvalue weighted by atomic mass is 9.82. The van der Waals surface area contributed by atoms with Crippen LogP contribution in [0.3, 0.4) is 0 Å². The molecule has 1 unspecified atom stereocenters. The first-order chi connectivity index (χ1) is 17.0. The van der Waals surface area contributed by atoms with Crippen LogP contribution in [0.15, 0.2) is 24.3 Å². The SMILES string of the molecule is CCCCCC(=O)NC(CC1CCC(NC(=O)c2ccc(C3CCNCC3)cc2)CC1)C(=O)OC. The third-order valence-electron chi connectivity index (χ3n) is 7.56. The normalized spacial score (nSPS) is 21.7. The second-order valence-corrected chi connectivity index (χ2v) is 10.2. The Labute approximate surface area is 210 Å². The van der Waals surface area contributed by atoms with Gasteiger partial charge in [0.25, 0.3) is 5.91 Å². The number of ether oxygens (including phenoxy) is 1. The van der Waals surface area contributed by atoms with E-state index in [-0.39, 0.29) is 23.8 Å². The molecule has 7 nitrogen and oxygen atoms in total. The number of amides is 2. The van der Waals surface area contributed by atoms with E-state index in [9.17, 15) is 14.4 Å². The summed E-state index contributed by atoms with van der Waals surface area (Å²) in [5.41, 5.74) is 2.03. The zero-order chi connectivity index (χ0) is 25.0. The molecule has 1 aliphatic carbocycles. The van der Waals surface area contributed by atoms with E-state index in [1.807, 2.05) is 12.1 Å². The Kier molecular flexibility index (Phi) is 11.0. The van der Waals surface area contributed by atoms with Crippen molar-refractivity contribution in [3.63, 3.8) is 0 Å². The summed E-state index contributed by atoms with van der Waals surface area (Å²) in [6, 6.07) is 7.65. The molecule has 7 heteroatoms. The molecule has 1 aromatic carbocycles. The number of methoxy groups -OCH3 is 1. The van der Waals surface area contributed by atoms with Crippen LogP contribution in [0, 0.1) is 5.92 Å². The molecule has 1 saturated heterocycles. The summed E-state index contributed by atoms with van der Waals surface area (Å²) in [6.45, 7) is 4.21. The molecule has 0 radical (unpaired) electrons. The van der Waals surface area contributed by atoms with Gasteiger partial charge in [-0.1, -0.05) is 31.9 Å². The fourth-order valence-corrected chi connectivity index (χ4v) is 5.36. The highest BCUT2D eigenvalue weighted by Crippen LogP contribution is 2.29. The highest BCUT2D eigenvalue weighted by atomic mass is 16.5. The van der Waals surface area contributed by atoms with Crippen molar-refractivity contribution in [2.24, 2.45) is 5.92 Å². The van der Waals surface area contributed by atoms with E-state index >= 15 is 0 Å². The molecule has 0 bridgehead atoms. The van der Waals surface area contributed by atoms with Crippen molar-refractivity contribution in [1.82, 2.24) is 16.0 Å².